The predicted molar refractivity (Wildman–Crippen MR) is 78.8 cm³/mol. The van der Waals surface area contributed by atoms with Gasteiger partial charge in [0.2, 0.25) is 0 Å². The number of rotatable bonds is 11. The Morgan fingerprint density at radius 1 is 0.737 bits per heavy atom. The fourth-order valence-corrected chi connectivity index (χ4v) is 1.64. The molecule has 0 radical (unpaired) electrons. The van der Waals surface area contributed by atoms with Crippen molar-refractivity contribution in [2.24, 2.45) is 0 Å². The molecule has 0 aromatic rings. The zero-order chi connectivity index (χ0) is 14.9. The molecule has 118 valence electrons. The van der Waals surface area contributed by atoms with Crippen LogP contribution >= 0.6 is 0 Å². The summed E-state index contributed by atoms with van der Waals surface area (Å²) in [6.45, 7) is 3.63. The molecule has 0 saturated carbocycles. The standard InChI is InChI=1S/C12H26O2.C3H8O2/c1-2-3-4-5-6-7-8-9-10-11-12(13)14;1-3(5)2-4/h12-14H,2-11H2,1H3;3-5H,2H2,1H3. The first kappa shape index (κ1) is 21.1. The van der Waals surface area contributed by atoms with Crippen molar-refractivity contribution in [3.05, 3.63) is 0 Å². The first-order valence-corrected chi connectivity index (χ1v) is 7.69. The van der Waals surface area contributed by atoms with E-state index in [1.807, 2.05) is 0 Å². The number of aliphatic hydroxyl groups is 4. The molecular weight excluding hydrogens is 244 g/mol. The predicted octanol–water partition coefficient (Wildman–Crippen LogP) is 2.58. The molecule has 0 heterocycles. The van der Waals surface area contributed by atoms with E-state index in [1.54, 1.807) is 0 Å². The highest BCUT2D eigenvalue weighted by Crippen LogP contribution is 2.10. The van der Waals surface area contributed by atoms with Crippen molar-refractivity contribution in [3.8, 4) is 0 Å². The molecule has 0 aliphatic carbocycles. The highest BCUT2D eigenvalue weighted by atomic mass is 16.5. The number of hydrogen-bond acceptors (Lipinski definition) is 4. The summed E-state index contributed by atoms with van der Waals surface area (Å²) < 4.78 is 0. The summed E-state index contributed by atoms with van der Waals surface area (Å²) in [5, 5.41) is 33.2. The van der Waals surface area contributed by atoms with Crippen LogP contribution in [-0.2, 0) is 0 Å². The lowest BCUT2D eigenvalue weighted by Crippen LogP contribution is -2.03. The molecule has 0 aliphatic heterocycles. The summed E-state index contributed by atoms with van der Waals surface area (Å²) >= 11 is 0. The van der Waals surface area contributed by atoms with Gasteiger partial charge in [0.15, 0.2) is 6.29 Å². The Kier molecular flexibility index (Phi) is 19.9. The van der Waals surface area contributed by atoms with Crippen molar-refractivity contribution in [1.29, 1.82) is 0 Å². The van der Waals surface area contributed by atoms with Crippen LogP contribution in [0.2, 0.25) is 0 Å². The van der Waals surface area contributed by atoms with Crippen LogP contribution in [-0.4, -0.2) is 39.4 Å². The van der Waals surface area contributed by atoms with E-state index in [9.17, 15) is 0 Å². The molecule has 0 rings (SSSR count). The summed E-state index contributed by atoms with van der Waals surface area (Å²) in [6.07, 6.45) is 10.3. The number of hydrogen-bond donors (Lipinski definition) is 4. The molecule has 0 bridgehead atoms. The van der Waals surface area contributed by atoms with Crippen LogP contribution in [0.4, 0.5) is 0 Å². The maximum absolute atomic E-state index is 8.61. The van der Waals surface area contributed by atoms with E-state index < -0.39 is 12.4 Å². The van der Waals surface area contributed by atoms with Gasteiger partial charge in [-0.2, -0.15) is 0 Å². The summed E-state index contributed by atoms with van der Waals surface area (Å²) in [7, 11) is 0. The molecule has 0 amide bonds. The Hall–Kier alpha value is -0.160. The molecule has 0 spiro atoms. The normalized spacial score (nSPS) is 12.2. The molecule has 19 heavy (non-hydrogen) atoms. The molecule has 4 N–H and O–H groups in total. The van der Waals surface area contributed by atoms with Crippen molar-refractivity contribution in [2.45, 2.75) is 90.4 Å². The third kappa shape index (κ3) is 27.2. The van der Waals surface area contributed by atoms with E-state index in [0.29, 0.717) is 6.42 Å². The third-order valence-electron chi connectivity index (χ3n) is 2.83. The van der Waals surface area contributed by atoms with Gasteiger partial charge in [-0.05, 0) is 19.8 Å². The maximum Gasteiger partial charge on any atom is 0.151 e. The van der Waals surface area contributed by atoms with Crippen molar-refractivity contribution in [1.82, 2.24) is 0 Å². The van der Waals surface area contributed by atoms with E-state index in [2.05, 4.69) is 6.92 Å². The van der Waals surface area contributed by atoms with E-state index in [1.165, 1.54) is 51.9 Å². The van der Waals surface area contributed by atoms with Crippen molar-refractivity contribution >= 4 is 0 Å². The third-order valence-corrected chi connectivity index (χ3v) is 2.83. The summed E-state index contributed by atoms with van der Waals surface area (Å²) in [5.41, 5.74) is 0. The average Bonchev–Trinajstić information content (AvgIpc) is 2.37. The van der Waals surface area contributed by atoms with E-state index in [-0.39, 0.29) is 6.61 Å². The summed E-state index contributed by atoms with van der Waals surface area (Å²) in [5.74, 6) is 0. The van der Waals surface area contributed by atoms with Gasteiger partial charge < -0.3 is 20.4 Å². The lowest BCUT2D eigenvalue weighted by Gasteiger charge is -2.03. The highest BCUT2D eigenvalue weighted by molar-refractivity contribution is 4.47. The van der Waals surface area contributed by atoms with E-state index >= 15 is 0 Å². The van der Waals surface area contributed by atoms with Gasteiger partial charge in [-0.1, -0.05) is 58.3 Å². The van der Waals surface area contributed by atoms with Crippen LogP contribution in [0.3, 0.4) is 0 Å². The van der Waals surface area contributed by atoms with Gasteiger partial charge in [0.1, 0.15) is 0 Å². The largest absolute Gasteiger partial charge is 0.394 e. The summed E-state index contributed by atoms with van der Waals surface area (Å²) in [6, 6.07) is 0. The van der Waals surface area contributed by atoms with Gasteiger partial charge in [0, 0.05) is 0 Å². The molecule has 0 saturated heterocycles. The summed E-state index contributed by atoms with van der Waals surface area (Å²) in [4.78, 5) is 0. The van der Waals surface area contributed by atoms with Gasteiger partial charge in [0.05, 0.1) is 12.7 Å². The Bertz CT molecular complexity index is 149. The van der Waals surface area contributed by atoms with Gasteiger partial charge in [-0.25, -0.2) is 0 Å². The Balaban J connectivity index is 0. The Labute approximate surface area is 118 Å². The van der Waals surface area contributed by atoms with Crippen LogP contribution < -0.4 is 0 Å². The molecule has 0 aromatic heterocycles. The smallest absolute Gasteiger partial charge is 0.151 e. The fourth-order valence-electron chi connectivity index (χ4n) is 1.64. The number of aliphatic hydroxyl groups excluding tert-OH is 3. The van der Waals surface area contributed by atoms with Crippen molar-refractivity contribution in [3.63, 3.8) is 0 Å². The van der Waals surface area contributed by atoms with Gasteiger partial charge in [-0.15, -0.1) is 0 Å². The Morgan fingerprint density at radius 3 is 1.42 bits per heavy atom. The second-order valence-corrected chi connectivity index (χ2v) is 5.13. The molecule has 0 aromatic carbocycles. The minimum atomic E-state index is -1.10. The minimum Gasteiger partial charge on any atom is -0.394 e. The van der Waals surface area contributed by atoms with Crippen LogP contribution in [0.1, 0.15) is 78.1 Å². The first-order valence-electron chi connectivity index (χ1n) is 7.69. The van der Waals surface area contributed by atoms with Crippen LogP contribution in [0, 0.1) is 0 Å². The zero-order valence-corrected chi connectivity index (χ0v) is 12.7. The molecule has 1 atom stereocenters. The SMILES string of the molecule is CC(O)CO.CCCCCCCCCCCC(O)O. The van der Waals surface area contributed by atoms with Crippen LogP contribution in [0.25, 0.3) is 0 Å². The van der Waals surface area contributed by atoms with E-state index in [4.69, 9.17) is 20.4 Å². The lowest BCUT2D eigenvalue weighted by atomic mass is 10.1. The molecule has 1 unspecified atom stereocenters. The highest BCUT2D eigenvalue weighted by Gasteiger charge is 1.96. The molecule has 0 fully saturated rings. The van der Waals surface area contributed by atoms with Gasteiger partial charge in [-0.3, -0.25) is 0 Å². The average molecular weight is 278 g/mol. The van der Waals surface area contributed by atoms with Crippen LogP contribution in [0.15, 0.2) is 0 Å². The number of unbranched alkanes of at least 4 members (excludes halogenated alkanes) is 8. The van der Waals surface area contributed by atoms with E-state index in [0.717, 1.165) is 12.8 Å². The zero-order valence-electron chi connectivity index (χ0n) is 12.7. The Morgan fingerprint density at radius 2 is 1.11 bits per heavy atom. The first-order chi connectivity index (χ1) is 9.04. The maximum atomic E-state index is 8.61. The second-order valence-electron chi connectivity index (χ2n) is 5.13. The van der Waals surface area contributed by atoms with Crippen LogP contribution in [0.5, 0.6) is 0 Å². The topological polar surface area (TPSA) is 80.9 Å². The fraction of sp³-hybridized carbons (Fsp3) is 1.00. The molecule has 4 nitrogen and oxygen atoms in total. The lowest BCUT2D eigenvalue weighted by molar-refractivity contribution is -0.0466. The molecular formula is C15H34O4. The second kappa shape index (κ2) is 17.8. The monoisotopic (exact) mass is 278 g/mol. The van der Waals surface area contributed by atoms with Crippen molar-refractivity contribution < 1.29 is 20.4 Å². The minimum absolute atomic E-state index is 0.139. The van der Waals surface area contributed by atoms with Gasteiger partial charge in [0.25, 0.3) is 0 Å². The van der Waals surface area contributed by atoms with Gasteiger partial charge >= 0.3 is 0 Å². The molecule has 4 heteroatoms. The molecule has 0 aliphatic rings. The quantitative estimate of drug-likeness (QED) is 0.346. The van der Waals surface area contributed by atoms with Crippen molar-refractivity contribution in [2.75, 3.05) is 6.61 Å².